The molecule has 2 N–H and O–H groups in total. The van der Waals surface area contributed by atoms with E-state index >= 15 is 0 Å². The normalized spacial score (nSPS) is 11.6. The standard InChI is InChI=1S/C20H13F3N4O2/c21-20(22,23)29-15-6-2-4-13(8-15)17-9-26-18-10-25-16(11-27(17)18)12-3-1-5-14(7-12)19(24)28/h1-11H,(H2,24,28). The summed E-state index contributed by atoms with van der Waals surface area (Å²) in [6, 6.07) is 12.3. The molecule has 0 fully saturated rings. The number of amides is 1. The molecular weight excluding hydrogens is 385 g/mol. The van der Waals surface area contributed by atoms with Crippen molar-refractivity contribution >= 4 is 11.6 Å². The minimum atomic E-state index is -4.78. The summed E-state index contributed by atoms with van der Waals surface area (Å²) in [4.78, 5) is 20.0. The lowest BCUT2D eigenvalue weighted by atomic mass is 10.1. The fourth-order valence-electron chi connectivity index (χ4n) is 2.94. The molecule has 29 heavy (non-hydrogen) atoms. The van der Waals surface area contributed by atoms with Crippen LogP contribution in [0.5, 0.6) is 5.75 Å². The van der Waals surface area contributed by atoms with Crippen molar-refractivity contribution in [3.05, 3.63) is 72.7 Å². The largest absolute Gasteiger partial charge is 0.573 e. The first kappa shape index (κ1) is 18.5. The Labute approximate surface area is 162 Å². The third-order valence-corrected chi connectivity index (χ3v) is 4.20. The Morgan fingerprint density at radius 3 is 2.52 bits per heavy atom. The van der Waals surface area contributed by atoms with Crippen LogP contribution in [0.15, 0.2) is 67.1 Å². The molecular formula is C20H13F3N4O2. The average molecular weight is 398 g/mol. The van der Waals surface area contributed by atoms with Gasteiger partial charge in [0, 0.05) is 22.9 Å². The quantitative estimate of drug-likeness (QED) is 0.562. The van der Waals surface area contributed by atoms with Crippen molar-refractivity contribution in [1.82, 2.24) is 14.4 Å². The fourth-order valence-corrected chi connectivity index (χ4v) is 2.94. The van der Waals surface area contributed by atoms with Crippen LogP contribution in [0.1, 0.15) is 10.4 Å². The molecule has 4 aromatic rings. The van der Waals surface area contributed by atoms with Crippen molar-refractivity contribution in [3.8, 4) is 28.3 Å². The van der Waals surface area contributed by atoms with Crippen molar-refractivity contribution in [3.63, 3.8) is 0 Å². The summed E-state index contributed by atoms with van der Waals surface area (Å²) >= 11 is 0. The highest BCUT2D eigenvalue weighted by atomic mass is 19.4. The van der Waals surface area contributed by atoms with E-state index in [0.29, 0.717) is 33.7 Å². The van der Waals surface area contributed by atoms with Crippen molar-refractivity contribution in [2.45, 2.75) is 6.36 Å². The summed E-state index contributed by atoms with van der Waals surface area (Å²) in [6.07, 6.45) is -0.0190. The first-order valence-electron chi connectivity index (χ1n) is 8.40. The molecule has 0 atom stereocenters. The van der Waals surface area contributed by atoms with E-state index in [-0.39, 0.29) is 5.75 Å². The molecule has 0 saturated heterocycles. The molecule has 6 nitrogen and oxygen atoms in total. The van der Waals surface area contributed by atoms with Crippen LogP contribution in [0.25, 0.3) is 28.2 Å². The summed E-state index contributed by atoms with van der Waals surface area (Å²) in [6.45, 7) is 0. The van der Waals surface area contributed by atoms with Crippen molar-refractivity contribution in [2.75, 3.05) is 0 Å². The van der Waals surface area contributed by atoms with Gasteiger partial charge in [0.25, 0.3) is 0 Å². The zero-order valence-corrected chi connectivity index (χ0v) is 14.7. The highest BCUT2D eigenvalue weighted by Crippen LogP contribution is 2.29. The first-order valence-corrected chi connectivity index (χ1v) is 8.40. The lowest BCUT2D eigenvalue weighted by Gasteiger charge is -2.10. The molecule has 9 heteroatoms. The number of aromatic nitrogens is 3. The van der Waals surface area contributed by atoms with Crippen molar-refractivity contribution < 1.29 is 22.7 Å². The maximum absolute atomic E-state index is 12.5. The predicted octanol–water partition coefficient (Wildman–Crippen LogP) is 4.06. The Morgan fingerprint density at radius 2 is 1.76 bits per heavy atom. The van der Waals surface area contributed by atoms with E-state index < -0.39 is 12.3 Å². The molecule has 0 aliphatic carbocycles. The number of nitrogens with two attached hydrogens (primary N) is 1. The fraction of sp³-hybridized carbons (Fsp3) is 0.0500. The maximum Gasteiger partial charge on any atom is 0.573 e. The number of carbonyl (C=O) groups is 1. The second-order valence-corrected chi connectivity index (χ2v) is 6.16. The SMILES string of the molecule is NC(=O)c1cccc(-c2cn3c(-c4cccc(OC(F)(F)F)c4)cnc3cn2)c1. The van der Waals surface area contributed by atoms with Crippen LogP contribution in [-0.2, 0) is 0 Å². The number of primary amides is 1. The number of hydrogen-bond acceptors (Lipinski definition) is 4. The number of rotatable bonds is 4. The Bertz CT molecular complexity index is 1220. The number of nitrogens with zero attached hydrogens (tertiary/aromatic N) is 3. The summed E-state index contributed by atoms with van der Waals surface area (Å²) < 4.78 is 43.2. The van der Waals surface area contributed by atoms with E-state index in [2.05, 4.69) is 14.7 Å². The molecule has 0 spiro atoms. The average Bonchev–Trinajstić information content (AvgIpc) is 3.10. The Morgan fingerprint density at radius 1 is 1.00 bits per heavy atom. The van der Waals surface area contributed by atoms with Crippen LogP contribution in [-0.4, -0.2) is 26.6 Å². The molecule has 0 aliphatic heterocycles. The van der Waals surface area contributed by atoms with Gasteiger partial charge in [0.05, 0.1) is 23.8 Å². The van der Waals surface area contributed by atoms with E-state index in [1.165, 1.54) is 30.6 Å². The Kier molecular flexibility index (Phi) is 4.42. The van der Waals surface area contributed by atoms with Crippen LogP contribution in [0.4, 0.5) is 13.2 Å². The molecule has 0 saturated carbocycles. The molecule has 2 aromatic carbocycles. The van der Waals surface area contributed by atoms with Gasteiger partial charge in [-0.25, -0.2) is 4.98 Å². The van der Waals surface area contributed by atoms with Gasteiger partial charge in [-0.05, 0) is 24.3 Å². The molecule has 0 radical (unpaired) electrons. The Hall–Kier alpha value is -3.88. The molecule has 2 aromatic heterocycles. The Balaban J connectivity index is 1.78. The predicted molar refractivity (Wildman–Crippen MR) is 99.1 cm³/mol. The minimum Gasteiger partial charge on any atom is -0.406 e. The lowest BCUT2D eigenvalue weighted by Crippen LogP contribution is -2.17. The van der Waals surface area contributed by atoms with Gasteiger partial charge in [-0.3, -0.25) is 14.2 Å². The molecule has 2 heterocycles. The van der Waals surface area contributed by atoms with E-state index in [9.17, 15) is 18.0 Å². The minimum absolute atomic E-state index is 0.326. The van der Waals surface area contributed by atoms with E-state index in [1.807, 2.05) is 0 Å². The second-order valence-electron chi connectivity index (χ2n) is 6.16. The van der Waals surface area contributed by atoms with Gasteiger partial charge in [0.15, 0.2) is 5.65 Å². The topological polar surface area (TPSA) is 82.5 Å². The van der Waals surface area contributed by atoms with Crippen molar-refractivity contribution in [2.24, 2.45) is 5.73 Å². The molecule has 0 unspecified atom stereocenters. The third kappa shape index (κ3) is 3.88. The highest BCUT2D eigenvalue weighted by molar-refractivity contribution is 5.94. The van der Waals surface area contributed by atoms with Crippen LogP contribution in [0.3, 0.4) is 0 Å². The molecule has 0 aliphatic rings. The zero-order chi connectivity index (χ0) is 20.6. The number of benzene rings is 2. The highest BCUT2D eigenvalue weighted by Gasteiger charge is 2.31. The molecule has 0 bridgehead atoms. The number of imidazole rings is 1. The summed E-state index contributed by atoms with van der Waals surface area (Å²) in [5.41, 5.74) is 8.43. The van der Waals surface area contributed by atoms with Crippen LogP contribution >= 0.6 is 0 Å². The van der Waals surface area contributed by atoms with Crippen LogP contribution < -0.4 is 10.5 Å². The maximum atomic E-state index is 12.5. The smallest absolute Gasteiger partial charge is 0.406 e. The summed E-state index contributed by atoms with van der Waals surface area (Å²) in [7, 11) is 0. The van der Waals surface area contributed by atoms with Gasteiger partial charge in [-0.15, -0.1) is 13.2 Å². The van der Waals surface area contributed by atoms with Crippen LogP contribution in [0.2, 0.25) is 0 Å². The zero-order valence-electron chi connectivity index (χ0n) is 14.7. The number of carbonyl (C=O) groups excluding carboxylic acids is 1. The monoisotopic (exact) mass is 398 g/mol. The number of alkyl halides is 3. The second kappa shape index (κ2) is 6.93. The van der Waals surface area contributed by atoms with Gasteiger partial charge in [-0.1, -0.05) is 24.3 Å². The lowest BCUT2D eigenvalue weighted by molar-refractivity contribution is -0.274. The molecule has 4 rings (SSSR count). The van der Waals surface area contributed by atoms with Crippen molar-refractivity contribution in [1.29, 1.82) is 0 Å². The van der Waals surface area contributed by atoms with Gasteiger partial charge >= 0.3 is 6.36 Å². The van der Waals surface area contributed by atoms with Gasteiger partial charge in [-0.2, -0.15) is 0 Å². The van der Waals surface area contributed by atoms with Gasteiger partial charge < -0.3 is 10.5 Å². The first-order chi connectivity index (χ1) is 13.8. The van der Waals surface area contributed by atoms with E-state index in [0.717, 1.165) is 0 Å². The number of halogens is 3. The summed E-state index contributed by atoms with van der Waals surface area (Å²) in [5.74, 6) is -0.883. The molecule has 1 amide bonds. The van der Waals surface area contributed by atoms with Crippen LogP contribution in [0, 0.1) is 0 Å². The number of ether oxygens (including phenoxy) is 1. The molecule has 146 valence electrons. The summed E-state index contributed by atoms with van der Waals surface area (Å²) in [5, 5.41) is 0. The van der Waals surface area contributed by atoms with Gasteiger partial charge in [0.2, 0.25) is 5.91 Å². The van der Waals surface area contributed by atoms with E-state index in [4.69, 9.17) is 5.73 Å². The third-order valence-electron chi connectivity index (χ3n) is 4.20. The number of hydrogen-bond donors (Lipinski definition) is 1. The van der Waals surface area contributed by atoms with Gasteiger partial charge in [0.1, 0.15) is 5.75 Å². The van der Waals surface area contributed by atoms with E-state index in [1.54, 1.807) is 40.9 Å². The number of fused-ring (bicyclic) bond motifs is 1.